The highest BCUT2D eigenvalue weighted by atomic mass is 16.6. The molecule has 1 amide bonds. The number of nitrogens with one attached hydrogen (secondary N) is 1. The lowest BCUT2D eigenvalue weighted by atomic mass is 10.1. The number of ether oxygens (including phenoxy) is 3. The summed E-state index contributed by atoms with van der Waals surface area (Å²) in [5.41, 5.74) is -0.802. The lowest BCUT2D eigenvalue weighted by Crippen LogP contribution is -2.35. The number of amides is 1. The van der Waals surface area contributed by atoms with E-state index in [9.17, 15) is 19.7 Å². The number of esters is 1. The number of nitrogens with zero attached hydrogens (tertiary/aromatic N) is 1. The van der Waals surface area contributed by atoms with Gasteiger partial charge in [0.05, 0.1) is 24.7 Å². The van der Waals surface area contributed by atoms with Crippen LogP contribution >= 0.6 is 0 Å². The summed E-state index contributed by atoms with van der Waals surface area (Å²) in [7, 11) is 1.35. The predicted molar refractivity (Wildman–Crippen MR) is 93.6 cm³/mol. The van der Waals surface area contributed by atoms with Crippen LogP contribution in [0.4, 0.5) is 5.69 Å². The van der Waals surface area contributed by atoms with Crippen molar-refractivity contribution >= 4 is 17.6 Å². The molecule has 1 unspecified atom stereocenters. The van der Waals surface area contributed by atoms with E-state index in [1.165, 1.54) is 13.2 Å². The minimum Gasteiger partial charge on any atom is -0.493 e. The zero-order valence-electron chi connectivity index (χ0n) is 15.4. The molecule has 0 fully saturated rings. The first-order valence-corrected chi connectivity index (χ1v) is 8.29. The predicted octanol–water partition coefficient (Wildman–Crippen LogP) is 2.46. The monoisotopic (exact) mass is 368 g/mol. The first kappa shape index (κ1) is 21.2. The Balaban J connectivity index is 2.93. The van der Waals surface area contributed by atoms with E-state index in [1.54, 1.807) is 6.92 Å². The average Bonchev–Trinajstić information content (AvgIpc) is 2.59. The van der Waals surface area contributed by atoms with Crippen molar-refractivity contribution in [2.45, 2.75) is 39.7 Å². The van der Waals surface area contributed by atoms with Gasteiger partial charge in [-0.15, -0.1) is 0 Å². The van der Waals surface area contributed by atoms with E-state index in [-0.39, 0.29) is 29.7 Å². The van der Waals surface area contributed by atoms with Gasteiger partial charge in [-0.3, -0.25) is 14.9 Å². The maximum Gasteiger partial charge on any atom is 0.345 e. The summed E-state index contributed by atoms with van der Waals surface area (Å²) in [4.78, 5) is 34.5. The fraction of sp³-hybridized carbons (Fsp3) is 0.529. The van der Waals surface area contributed by atoms with Crippen molar-refractivity contribution in [2.24, 2.45) is 0 Å². The number of nitro benzene ring substituents is 1. The topological polar surface area (TPSA) is 117 Å². The van der Waals surface area contributed by atoms with E-state index < -0.39 is 29.1 Å². The lowest BCUT2D eigenvalue weighted by molar-refractivity contribution is -0.385. The molecule has 9 heteroatoms. The van der Waals surface area contributed by atoms with Gasteiger partial charge in [-0.25, -0.2) is 4.79 Å². The zero-order valence-corrected chi connectivity index (χ0v) is 15.4. The molecule has 1 rings (SSSR count). The maximum absolute atomic E-state index is 12.2. The normalized spacial score (nSPS) is 11.4. The summed E-state index contributed by atoms with van der Waals surface area (Å²) >= 11 is 0. The second-order valence-corrected chi connectivity index (χ2v) is 5.54. The van der Waals surface area contributed by atoms with Crippen LogP contribution in [0.1, 0.15) is 44.0 Å². The number of carbonyl (C=O) groups excluding carboxylic acids is 2. The fourth-order valence-corrected chi connectivity index (χ4v) is 2.32. The molecule has 0 heterocycles. The van der Waals surface area contributed by atoms with Crippen molar-refractivity contribution in [1.82, 2.24) is 5.32 Å². The second-order valence-electron chi connectivity index (χ2n) is 5.54. The van der Waals surface area contributed by atoms with Crippen molar-refractivity contribution in [2.75, 3.05) is 20.3 Å². The molecule has 1 N–H and O–H groups in total. The summed E-state index contributed by atoms with van der Waals surface area (Å²) in [6.07, 6.45) is 1.70. The first-order valence-electron chi connectivity index (χ1n) is 8.29. The van der Waals surface area contributed by atoms with Crippen LogP contribution in [0.3, 0.4) is 0 Å². The molecule has 0 radical (unpaired) electrons. The zero-order chi connectivity index (χ0) is 19.7. The van der Waals surface area contributed by atoms with Gasteiger partial charge in [-0.1, -0.05) is 13.3 Å². The number of hydrogen-bond donors (Lipinski definition) is 1. The molecule has 0 aromatic heterocycles. The minimum absolute atomic E-state index is 0.0499. The lowest BCUT2D eigenvalue weighted by Gasteiger charge is -2.13. The van der Waals surface area contributed by atoms with Crippen molar-refractivity contribution in [1.29, 1.82) is 0 Å². The van der Waals surface area contributed by atoms with Gasteiger partial charge in [0.15, 0.2) is 18.1 Å². The molecule has 0 saturated heterocycles. The Bertz CT molecular complexity index is 661. The van der Waals surface area contributed by atoms with E-state index in [1.807, 2.05) is 13.8 Å². The Hall–Kier alpha value is -2.84. The SMILES string of the molecule is CCCC(C)NC(=O)COC(=O)c1cc(OC)c(OCC)cc1[N+](=O)[O-]. The average molecular weight is 368 g/mol. The summed E-state index contributed by atoms with van der Waals surface area (Å²) in [6, 6.07) is 2.22. The number of carbonyl (C=O) groups is 2. The summed E-state index contributed by atoms with van der Waals surface area (Å²) in [6.45, 7) is 5.28. The number of benzene rings is 1. The highest BCUT2D eigenvalue weighted by Crippen LogP contribution is 2.35. The Labute approximate surface area is 151 Å². The van der Waals surface area contributed by atoms with Gasteiger partial charge in [-0.05, 0) is 20.3 Å². The Kier molecular flexibility index (Phi) is 8.33. The van der Waals surface area contributed by atoms with E-state index in [2.05, 4.69) is 5.32 Å². The van der Waals surface area contributed by atoms with Crippen LogP contribution in [0.5, 0.6) is 11.5 Å². The molecule has 9 nitrogen and oxygen atoms in total. The highest BCUT2D eigenvalue weighted by molar-refractivity contribution is 5.96. The van der Waals surface area contributed by atoms with Crippen LogP contribution in [0, 0.1) is 10.1 Å². The molecule has 0 aliphatic heterocycles. The number of methoxy groups -OCH3 is 1. The van der Waals surface area contributed by atoms with Gasteiger partial charge in [0.2, 0.25) is 0 Å². The van der Waals surface area contributed by atoms with Gasteiger partial charge < -0.3 is 19.5 Å². The molecule has 0 aliphatic carbocycles. The van der Waals surface area contributed by atoms with Gasteiger partial charge in [0.25, 0.3) is 11.6 Å². The molecule has 0 bridgehead atoms. The van der Waals surface area contributed by atoms with Crippen LogP contribution < -0.4 is 14.8 Å². The quantitative estimate of drug-likeness (QED) is 0.383. The molecule has 1 aromatic carbocycles. The van der Waals surface area contributed by atoms with Crippen LogP contribution in [0.15, 0.2) is 12.1 Å². The van der Waals surface area contributed by atoms with Crippen LogP contribution in [-0.4, -0.2) is 43.2 Å². The molecular weight excluding hydrogens is 344 g/mol. The summed E-state index contributed by atoms with van der Waals surface area (Å²) in [5.74, 6) is -1.16. The standard InChI is InChI=1S/C17H24N2O7/c1-5-7-11(3)18-16(20)10-26-17(21)12-8-14(24-4)15(25-6-2)9-13(12)19(22)23/h8-9,11H,5-7,10H2,1-4H3,(H,18,20). The van der Waals surface area contributed by atoms with Gasteiger partial charge in [0.1, 0.15) is 5.56 Å². The number of nitro groups is 1. The van der Waals surface area contributed by atoms with Gasteiger partial charge in [0, 0.05) is 12.1 Å². The molecular formula is C17H24N2O7. The Morgan fingerprint density at radius 3 is 2.50 bits per heavy atom. The smallest absolute Gasteiger partial charge is 0.345 e. The third kappa shape index (κ3) is 5.91. The minimum atomic E-state index is -0.989. The van der Waals surface area contributed by atoms with Crippen molar-refractivity contribution in [3.63, 3.8) is 0 Å². The fourth-order valence-electron chi connectivity index (χ4n) is 2.32. The van der Waals surface area contributed by atoms with E-state index in [0.29, 0.717) is 0 Å². The summed E-state index contributed by atoms with van der Waals surface area (Å²) in [5, 5.41) is 13.9. The molecule has 144 valence electrons. The Morgan fingerprint density at radius 1 is 1.27 bits per heavy atom. The second kappa shape index (κ2) is 10.2. The van der Waals surface area contributed by atoms with Crippen LogP contribution in [-0.2, 0) is 9.53 Å². The molecule has 0 aliphatic rings. The number of rotatable bonds is 10. The molecule has 1 aromatic rings. The molecule has 1 atom stereocenters. The Morgan fingerprint density at radius 2 is 1.96 bits per heavy atom. The number of hydrogen-bond acceptors (Lipinski definition) is 7. The van der Waals surface area contributed by atoms with E-state index >= 15 is 0 Å². The van der Waals surface area contributed by atoms with E-state index in [4.69, 9.17) is 14.2 Å². The van der Waals surface area contributed by atoms with Gasteiger partial charge in [-0.2, -0.15) is 0 Å². The van der Waals surface area contributed by atoms with Crippen LogP contribution in [0.2, 0.25) is 0 Å². The van der Waals surface area contributed by atoms with E-state index in [0.717, 1.165) is 18.9 Å². The molecule has 0 spiro atoms. The maximum atomic E-state index is 12.2. The van der Waals surface area contributed by atoms with Crippen molar-refractivity contribution in [3.05, 3.63) is 27.8 Å². The third-order valence-corrected chi connectivity index (χ3v) is 3.46. The van der Waals surface area contributed by atoms with Gasteiger partial charge >= 0.3 is 5.97 Å². The summed E-state index contributed by atoms with van der Waals surface area (Å²) < 4.78 is 15.3. The first-order chi connectivity index (χ1) is 12.3. The highest BCUT2D eigenvalue weighted by Gasteiger charge is 2.26. The molecule has 26 heavy (non-hydrogen) atoms. The largest absolute Gasteiger partial charge is 0.493 e. The van der Waals surface area contributed by atoms with Crippen molar-refractivity contribution in [3.8, 4) is 11.5 Å². The van der Waals surface area contributed by atoms with Crippen LogP contribution in [0.25, 0.3) is 0 Å². The third-order valence-electron chi connectivity index (χ3n) is 3.46. The van der Waals surface area contributed by atoms with Crippen molar-refractivity contribution < 1.29 is 28.7 Å². The molecule has 0 saturated carbocycles.